The van der Waals surface area contributed by atoms with Crippen LogP contribution in [0.15, 0.2) is 18.2 Å². The molecule has 0 unspecified atom stereocenters. The lowest BCUT2D eigenvalue weighted by atomic mass is 10.1. The van der Waals surface area contributed by atoms with Gasteiger partial charge in [0, 0.05) is 6.42 Å². The summed E-state index contributed by atoms with van der Waals surface area (Å²) in [4.78, 5) is 34.3. The van der Waals surface area contributed by atoms with E-state index in [9.17, 15) is 18.8 Å². The number of halogens is 1. The summed E-state index contributed by atoms with van der Waals surface area (Å²) in [6.07, 6.45) is -0.224. The van der Waals surface area contributed by atoms with E-state index in [-0.39, 0.29) is 30.7 Å². The molecular formula is C14H16FNO5. The molecule has 0 aliphatic heterocycles. The summed E-state index contributed by atoms with van der Waals surface area (Å²) >= 11 is 0. The fraction of sp³-hybridized carbons (Fsp3) is 0.357. The second kappa shape index (κ2) is 7.98. The zero-order chi connectivity index (χ0) is 15.8. The Morgan fingerprint density at radius 2 is 1.95 bits per heavy atom. The van der Waals surface area contributed by atoms with E-state index >= 15 is 0 Å². The molecule has 0 aliphatic carbocycles. The van der Waals surface area contributed by atoms with Crippen LogP contribution in [0.25, 0.3) is 0 Å². The van der Waals surface area contributed by atoms with Crippen LogP contribution in [-0.2, 0) is 19.1 Å². The number of rotatable bonds is 6. The Hall–Kier alpha value is -2.44. The van der Waals surface area contributed by atoms with Crippen molar-refractivity contribution in [2.75, 3.05) is 19.0 Å². The first kappa shape index (κ1) is 16.6. The number of hydrogen-bond donors (Lipinski definition) is 1. The lowest BCUT2D eigenvalue weighted by molar-refractivity contribution is -0.144. The number of carbonyl (C=O) groups excluding carboxylic acids is 3. The maximum absolute atomic E-state index is 13.2. The quantitative estimate of drug-likeness (QED) is 0.811. The predicted octanol–water partition coefficient (Wildman–Crippen LogP) is 1.89. The SMILES string of the molecule is CCOC(=O)CCC(=O)Nc1cc(F)ccc1C(=O)OC. The molecule has 7 heteroatoms. The molecule has 1 N–H and O–H groups in total. The molecule has 0 aliphatic rings. The average molecular weight is 297 g/mol. The third kappa shape index (κ3) is 5.21. The van der Waals surface area contributed by atoms with Gasteiger partial charge in [-0.25, -0.2) is 9.18 Å². The van der Waals surface area contributed by atoms with E-state index in [2.05, 4.69) is 14.8 Å². The first-order chi connectivity index (χ1) is 9.97. The smallest absolute Gasteiger partial charge is 0.339 e. The highest BCUT2D eigenvalue weighted by atomic mass is 19.1. The van der Waals surface area contributed by atoms with Crippen LogP contribution in [0.3, 0.4) is 0 Å². The number of benzene rings is 1. The topological polar surface area (TPSA) is 81.7 Å². The molecule has 0 fully saturated rings. The number of methoxy groups -OCH3 is 1. The molecule has 114 valence electrons. The van der Waals surface area contributed by atoms with Crippen molar-refractivity contribution in [3.8, 4) is 0 Å². The van der Waals surface area contributed by atoms with E-state index in [0.29, 0.717) is 0 Å². The summed E-state index contributed by atoms with van der Waals surface area (Å²) in [5.41, 5.74) is 0.0269. The zero-order valence-electron chi connectivity index (χ0n) is 11.8. The van der Waals surface area contributed by atoms with Crippen molar-refractivity contribution in [2.45, 2.75) is 19.8 Å². The van der Waals surface area contributed by atoms with Crippen LogP contribution >= 0.6 is 0 Å². The van der Waals surface area contributed by atoms with Crippen molar-refractivity contribution in [1.82, 2.24) is 0 Å². The first-order valence-electron chi connectivity index (χ1n) is 6.31. The van der Waals surface area contributed by atoms with Crippen LogP contribution in [0, 0.1) is 5.82 Å². The molecule has 0 saturated carbocycles. The fourth-order valence-electron chi connectivity index (χ4n) is 1.57. The van der Waals surface area contributed by atoms with Crippen molar-refractivity contribution < 1.29 is 28.2 Å². The number of anilines is 1. The lowest BCUT2D eigenvalue weighted by Gasteiger charge is -2.09. The van der Waals surface area contributed by atoms with Crippen molar-refractivity contribution in [3.05, 3.63) is 29.6 Å². The molecule has 1 aromatic rings. The van der Waals surface area contributed by atoms with Gasteiger partial charge >= 0.3 is 11.9 Å². The van der Waals surface area contributed by atoms with Gasteiger partial charge in [-0.1, -0.05) is 0 Å². The van der Waals surface area contributed by atoms with Gasteiger partial charge in [0.2, 0.25) is 5.91 Å². The van der Waals surface area contributed by atoms with E-state index in [4.69, 9.17) is 0 Å². The molecule has 1 aromatic carbocycles. The van der Waals surface area contributed by atoms with Crippen LogP contribution in [0.1, 0.15) is 30.1 Å². The number of esters is 2. The van der Waals surface area contributed by atoms with Crippen LogP contribution in [-0.4, -0.2) is 31.6 Å². The molecule has 0 heterocycles. The van der Waals surface area contributed by atoms with Crippen LogP contribution < -0.4 is 5.32 Å². The molecule has 0 spiro atoms. The summed E-state index contributed by atoms with van der Waals surface area (Å²) < 4.78 is 22.4. The molecule has 0 saturated heterocycles. The van der Waals surface area contributed by atoms with Gasteiger partial charge in [0.25, 0.3) is 0 Å². The third-order valence-electron chi connectivity index (χ3n) is 2.52. The Balaban J connectivity index is 2.73. The fourth-order valence-corrected chi connectivity index (χ4v) is 1.57. The van der Waals surface area contributed by atoms with Gasteiger partial charge in [-0.2, -0.15) is 0 Å². The summed E-state index contributed by atoms with van der Waals surface area (Å²) in [5, 5.41) is 2.38. The number of carbonyl (C=O) groups is 3. The molecule has 0 atom stereocenters. The highest BCUT2D eigenvalue weighted by Crippen LogP contribution is 2.18. The molecule has 1 amide bonds. The van der Waals surface area contributed by atoms with Crippen LogP contribution in [0.5, 0.6) is 0 Å². The maximum atomic E-state index is 13.2. The molecular weight excluding hydrogens is 281 g/mol. The van der Waals surface area contributed by atoms with Gasteiger partial charge in [0.15, 0.2) is 0 Å². The number of hydrogen-bond acceptors (Lipinski definition) is 5. The van der Waals surface area contributed by atoms with Gasteiger partial charge < -0.3 is 14.8 Å². The summed E-state index contributed by atoms with van der Waals surface area (Å²) in [6.45, 7) is 1.89. The van der Waals surface area contributed by atoms with Gasteiger partial charge in [0.05, 0.1) is 31.4 Å². The standard InChI is InChI=1S/C14H16FNO5/c1-3-21-13(18)7-6-12(17)16-11-8-9(15)4-5-10(11)14(19)20-2/h4-5,8H,3,6-7H2,1-2H3,(H,16,17). The third-order valence-corrected chi connectivity index (χ3v) is 2.52. The van der Waals surface area contributed by atoms with Gasteiger partial charge in [0.1, 0.15) is 5.82 Å². The maximum Gasteiger partial charge on any atom is 0.339 e. The second-order valence-electron chi connectivity index (χ2n) is 4.03. The molecule has 21 heavy (non-hydrogen) atoms. The Labute approximate surface area is 121 Å². The minimum absolute atomic E-state index is 0.00397. The lowest BCUT2D eigenvalue weighted by Crippen LogP contribution is -2.17. The average Bonchev–Trinajstić information content (AvgIpc) is 2.45. The number of amides is 1. The van der Waals surface area contributed by atoms with E-state index in [0.717, 1.165) is 12.1 Å². The Kier molecular flexibility index (Phi) is 6.32. The largest absolute Gasteiger partial charge is 0.466 e. The molecule has 0 radical (unpaired) electrons. The van der Waals surface area contributed by atoms with E-state index < -0.39 is 23.7 Å². The summed E-state index contributed by atoms with van der Waals surface area (Å²) in [5.74, 6) is -2.34. The molecule has 1 rings (SSSR count). The number of ether oxygens (including phenoxy) is 2. The molecule has 0 aromatic heterocycles. The van der Waals surface area contributed by atoms with Gasteiger partial charge in [-0.15, -0.1) is 0 Å². The minimum Gasteiger partial charge on any atom is -0.466 e. The van der Waals surface area contributed by atoms with Crippen LogP contribution in [0.4, 0.5) is 10.1 Å². The normalized spacial score (nSPS) is 9.86. The van der Waals surface area contributed by atoms with E-state index in [1.54, 1.807) is 6.92 Å². The van der Waals surface area contributed by atoms with Crippen molar-refractivity contribution in [3.63, 3.8) is 0 Å². The monoisotopic (exact) mass is 297 g/mol. The Morgan fingerprint density at radius 1 is 1.24 bits per heavy atom. The highest BCUT2D eigenvalue weighted by molar-refractivity contribution is 6.01. The van der Waals surface area contributed by atoms with E-state index in [1.165, 1.54) is 13.2 Å². The predicted molar refractivity (Wildman–Crippen MR) is 72.2 cm³/mol. The second-order valence-corrected chi connectivity index (χ2v) is 4.03. The van der Waals surface area contributed by atoms with Crippen molar-refractivity contribution in [1.29, 1.82) is 0 Å². The van der Waals surface area contributed by atoms with Gasteiger partial charge in [-0.3, -0.25) is 9.59 Å². The van der Waals surface area contributed by atoms with Crippen LogP contribution in [0.2, 0.25) is 0 Å². The van der Waals surface area contributed by atoms with Crippen molar-refractivity contribution >= 4 is 23.5 Å². The Bertz CT molecular complexity index is 544. The Morgan fingerprint density at radius 3 is 2.57 bits per heavy atom. The zero-order valence-corrected chi connectivity index (χ0v) is 11.8. The minimum atomic E-state index is -0.698. The number of nitrogens with one attached hydrogen (secondary N) is 1. The summed E-state index contributed by atoms with van der Waals surface area (Å²) in [7, 11) is 1.18. The summed E-state index contributed by atoms with van der Waals surface area (Å²) in [6, 6.07) is 3.30. The van der Waals surface area contributed by atoms with Crippen molar-refractivity contribution in [2.24, 2.45) is 0 Å². The van der Waals surface area contributed by atoms with Gasteiger partial charge in [-0.05, 0) is 25.1 Å². The molecule has 6 nitrogen and oxygen atoms in total. The highest BCUT2D eigenvalue weighted by Gasteiger charge is 2.15. The first-order valence-corrected chi connectivity index (χ1v) is 6.31. The van der Waals surface area contributed by atoms with E-state index in [1.807, 2.05) is 0 Å². The molecule has 0 bridgehead atoms.